The van der Waals surface area contributed by atoms with Crippen LogP contribution in [0.2, 0.25) is 0 Å². The predicted molar refractivity (Wildman–Crippen MR) is 71.0 cm³/mol. The third kappa shape index (κ3) is 4.20. The van der Waals surface area contributed by atoms with E-state index in [0.717, 1.165) is 5.69 Å². The molecule has 0 saturated heterocycles. The number of hydrogen-bond donors (Lipinski definition) is 3. The molecule has 4 N–H and O–H groups in total. The number of ether oxygens (including phenoxy) is 1. The summed E-state index contributed by atoms with van der Waals surface area (Å²) in [4.78, 5) is 11.5. The first-order chi connectivity index (χ1) is 8.74. The van der Waals surface area contributed by atoms with Gasteiger partial charge >= 0.3 is 6.09 Å². The Labute approximate surface area is 112 Å². The van der Waals surface area contributed by atoms with Gasteiger partial charge in [-0.25, -0.2) is 4.79 Å². The molecule has 0 saturated carbocycles. The van der Waals surface area contributed by atoms with Gasteiger partial charge in [-0.05, 0) is 32.9 Å². The number of nitrogens with one attached hydrogen (secondary N) is 1. The number of carbonyl (C=O) groups excluding carboxylic acids is 1. The highest BCUT2D eigenvalue weighted by atomic mass is 16.6. The summed E-state index contributed by atoms with van der Waals surface area (Å²) >= 11 is 0. The number of aromatic nitrogens is 1. The minimum Gasteiger partial charge on any atom is -0.444 e. The molecule has 7 heteroatoms. The highest BCUT2D eigenvalue weighted by Crippen LogP contribution is 2.09. The first-order valence-corrected chi connectivity index (χ1v) is 5.84. The summed E-state index contributed by atoms with van der Waals surface area (Å²) in [6.07, 6.45) is -0.487. The Bertz CT molecular complexity index is 486. The van der Waals surface area contributed by atoms with Crippen LogP contribution in [0.4, 0.5) is 4.79 Å². The van der Waals surface area contributed by atoms with Crippen molar-refractivity contribution >= 4 is 11.9 Å². The number of amidine groups is 1. The van der Waals surface area contributed by atoms with Crippen molar-refractivity contribution in [1.82, 2.24) is 9.88 Å². The Kier molecular flexibility index (Phi) is 4.42. The lowest BCUT2D eigenvalue weighted by Gasteiger charge is -2.19. The molecule has 0 aliphatic carbocycles. The fourth-order valence-corrected chi connectivity index (χ4v) is 1.52. The van der Waals surface area contributed by atoms with Gasteiger partial charge in [0.25, 0.3) is 0 Å². The van der Waals surface area contributed by atoms with Crippen LogP contribution in [0.25, 0.3) is 0 Å². The molecule has 106 valence electrons. The monoisotopic (exact) mass is 268 g/mol. The standard InChI is InChI=1S/C12H20N4O3/c1-12(2,3)19-11(17)14-7-8-5-6-9(16(8)4)10(13)15-18/h5-6,18H,7H2,1-4H3,(H2,13,15)(H,14,17). The van der Waals surface area contributed by atoms with Crippen molar-refractivity contribution in [3.05, 3.63) is 23.5 Å². The smallest absolute Gasteiger partial charge is 0.407 e. The highest BCUT2D eigenvalue weighted by molar-refractivity contribution is 5.95. The molecule has 1 heterocycles. The zero-order valence-electron chi connectivity index (χ0n) is 11.6. The lowest BCUT2D eigenvalue weighted by atomic mass is 10.2. The van der Waals surface area contributed by atoms with E-state index in [9.17, 15) is 4.79 Å². The number of nitrogens with zero attached hydrogens (tertiary/aromatic N) is 2. The van der Waals surface area contributed by atoms with Crippen LogP contribution in [-0.4, -0.2) is 27.3 Å². The summed E-state index contributed by atoms with van der Waals surface area (Å²) in [5.41, 5.74) is 6.37. The molecule has 0 atom stereocenters. The lowest BCUT2D eigenvalue weighted by molar-refractivity contribution is 0.0522. The molecule has 0 aliphatic rings. The van der Waals surface area contributed by atoms with E-state index in [-0.39, 0.29) is 5.84 Å². The van der Waals surface area contributed by atoms with Gasteiger partial charge in [0.15, 0.2) is 5.84 Å². The Morgan fingerprint density at radius 3 is 2.68 bits per heavy atom. The molecule has 1 amide bonds. The van der Waals surface area contributed by atoms with Crippen molar-refractivity contribution in [2.24, 2.45) is 17.9 Å². The minimum absolute atomic E-state index is 0.0195. The van der Waals surface area contributed by atoms with Crippen LogP contribution in [0.1, 0.15) is 32.2 Å². The van der Waals surface area contributed by atoms with Crippen LogP contribution < -0.4 is 11.1 Å². The molecule has 7 nitrogen and oxygen atoms in total. The Balaban J connectivity index is 2.65. The summed E-state index contributed by atoms with van der Waals surface area (Å²) in [5.74, 6) is 0.0195. The van der Waals surface area contributed by atoms with Crippen LogP contribution in [0.15, 0.2) is 17.3 Å². The molecule has 0 aromatic carbocycles. The summed E-state index contributed by atoms with van der Waals surface area (Å²) in [6.45, 7) is 5.69. The van der Waals surface area contributed by atoms with Gasteiger partial charge in [-0.3, -0.25) is 0 Å². The molecule has 0 radical (unpaired) electrons. The molecule has 0 unspecified atom stereocenters. The van der Waals surface area contributed by atoms with E-state index in [4.69, 9.17) is 15.7 Å². The van der Waals surface area contributed by atoms with E-state index in [1.165, 1.54) is 0 Å². The fourth-order valence-electron chi connectivity index (χ4n) is 1.52. The molecule has 1 aromatic rings. The number of alkyl carbamates (subject to hydrolysis) is 1. The van der Waals surface area contributed by atoms with Crippen LogP contribution >= 0.6 is 0 Å². The lowest BCUT2D eigenvalue weighted by Crippen LogP contribution is -2.32. The molecule has 1 rings (SSSR count). The van der Waals surface area contributed by atoms with E-state index < -0.39 is 11.7 Å². The van der Waals surface area contributed by atoms with E-state index in [1.54, 1.807) is 44.5 Å². The second-order valence-electron chi connectivity index (χ2n) is 5.11. The van der Waals surface area contributed by atoms with Gasteiger partial charge in [-0.2, -0.15) is 0 Å². The number of carbonyl (C=O) groups is 1. The van der Waals surface area contributed by atoms with Crippen molar-refractivity contribution in [3.63, 3.8) is 0 Å². The van der Waals surface area contributed by atoms with Gasteiger partial charge in [-0.15, -0.1) is 0 Å². The second kappa shape index (κ2) is 5.64. The van der Waals surface area contributed by atoms with Crippen molar-refractivity contribution < 1.29 is 14.7 Å². The maximum absolute atomic E-state index is 11.5. The highest BCUT2D eigenvalue weighted by Gasteiger charge is 2.16. The number of hydrogen-bond acceptors (Lipinski definition) is 4. The molecule has 0 aliphatic heterocycles. The molecule has 1 aromatic heterocycles. The molecule has 0 spiro atoms. The zero-order chi connectivity index (χ0) is 14.6. The predicted octanol–water partition coefficient (Wildman–Crippen LogP) is 1.14. The number of nitrogens with two attached hydrogens (primary N) is 1. The quantitative estimate of drug-likeness (QED) is 0.331. The zero-order valence-corrected chi connectivity index (χ0v) is 11.6. The van der Waals surface area contributed by atoms with Gasteiger partial charge in [0.2, 0.25) is 0 Å². The average molecular weight is 268 g/mol. The summed E-state index contributed by atoms with van der Waals surface area (Å²) in [7, 11) is 1.76. The largest absolute Gasteiger partial charge is 0.444 e. The third-order valence-corrected chi connectivity index (χ3v) is 2.41. The molecule has 19 heavy (non-hydrogen) atoms. The third-order valence-electron chi connectivity index (χ3n) is 2.41. The topological polar surface area (TPSA) is 102 Å². The maximum Gasteiger partial charge on any atom is 0.407 e. The van der Waals surface area contributed by atoms with Gasteiger partial charge in [0, 0.05) is 12.7 Å². The van der Waals surface area contributed by atoms with E-state index >= 15 is 0 Å². The van der Waals surface area contributed by atoms with Crippen LogP contribution in [0.3, 0.4) is 0 Å². The minimum atomic E-state index is -0.530. The van der Waals surface area contributed by atoms with E-state index in [0.29, 0.717) is 12.2 Å². The second-order valence-corrected chi connectivity index (χ2v) is 5.11. The van der Waals surface area contributed by atoms with Crippen molar-refractivity contribution in [3.8, 4) is 0 Å². The molecule has 0 bridgehead atoms. The SMILES string of the molecule is Cn1c(CNC(=O)OC(C)(C)C)ccc1/C(N)=N/O. The average Bonchev–Trinajstić information content (AvgIpc) is 2.65. The van der Waals surface area contributed by atoms with Gasteiger partial charge in [0.05, 0.1) is 12.2 Å². The van der Waals surface area contributed by atoms with Crippen molar-refractivity contribution in [1.29, 1.82) is 0 Å². The fraction of sp³-hybridized carbons (Fsp3) is 0.500. The number of amides is 1. The molecule has 0 fully saturated rings. The summed E-state index contributed by atoms with van der Waals surface area (Å²) in [5, 5.41) is 14.2. The number of oxime groups is 1. The van der Waals surface area contributed by atoms with Crippen molar-refractivity contribution in [2.75, 3.05) is 0 Å². The van der Waals surface area contributed by atoms with Gasteiger partial charge in [0.1, 0.15) is 5.60 Å². The van der Waals surface area contributed by atoms with Crippen LogP contribution in [0, 0.1) is 0 Å². The summed E-state index contributed by atoms with van der Waals surface area (Å²) < 4.78 is 6.86. The van der Waals surface area contributed by atoms with E-state index in [2.05, 4.69) is 10.5 Å². The van der Waals surface area contributed by atoms with Crippen molar-refractivity contribution in [2.45, 2.75) is 32.9 Å². The first kappa shape index (κ1) is 14.9. The van der Waals surface area contributed by atoms with Gasteiger partial charge in [-0.1, -0.05) is 5.16 Å². The van der Waals surface area contributed by atoms with Crippen LogP contribution in [-0.2, 0) is 18.3 Å². The first-order valence-electron chi connectivity index (χ1n) is 5.84. The Morgan fingerprint density at radius 1 is 1.53 bits per heavy atom. The Hall–Kier alpha value is -2.18. The van der Waals surface area contributed by atoms with Gasteiger partial charge < -0.3 is 25.6 Å². The summed E-state index contributed by atoms with van der Waals surface area (Å²) in [6, 6.07) is 3.49. The molecular weight excluding hydrogens is 248 g/mol. The Morgan fingerprint density at radius 2 is 2.16 bits per heavy atom. The molecular formula is C12H20N4O3. The maximum atomic E-state index is 11.5. The van der Waals surface area contributed by atoms with Crippen LogP contribution in [0.5, 0.6) is 0 Å². The van der Waals surface area contributed by atoms with E-state index in [1.807, 2.05) is 0 Å². The number of rotatable bonds is 3. The normalized spacial score (nSPS) is 12.3.